The van der Waals surface area contributed by atoms with Gasteiger partial charge in [0.15, 0.2) is 0 Å². The molecule has 2 aromatic rings. The lowest BCUT2D eigenvalue weighted by Gasteiger charge is -2.25. The Labute approximate surface area is 141 Å². The van der Waals surface area contributed by atoms with E-state index in [9.17, 15) is 0 Å². The zero-order chi connectivity index (χ0) is 15.1. The number of halogens is 1. The molecular formula is C18H22INO. The van der Waals surface area contributed by atoms with Crippen molar-refractivity contribution in [2.45, 2.75) is 23.3 Å². The smallest absolute Gasteiger partial charge is 0.119 e. The van der Waals surface area contributed by atoms with Crippen molar-refractivity contribution in [1.82, 2.24) is 5.32 Å². The third kappa shape index (κ3) is 5.00. The van der Waals surface area contributed by atoms with Crippen molar-refractivity contribution in [3.05, 3.63) is 65.7 Å². The molecular weight excluding hydrogens is 373 g/mol. The average molecular weight is 395 g/mol. The summed E-state index contributed by atoms with van der Waals surface area (Å²) in [5.74, 6) is 0.904. The number of hydrogen-bond acceptors (Lipinski definition) is 2. The van der Waals surface area contributed by atoms with Gasteiger partial charge in [0.1, 0.15) is 5.75 Å². The van der Waals surface area contributed by atoms with E-state index in [4.69, 9.17) is 4.74 Å². The number of ether oxygens (including phenoxy) is 1. The molecule has 0 amide bonds. The van der Waals surface area contributed by atoms with Crippen LogP contribution in [0, 0.1) is 0 Å². The molecule has 0 saturated heterocycles. The fraction of sp³-hybridized carbons (Fsp3) is 0.333. The first-order valence-corrected chi connectivity index (χ1v) is 8.32. The molecule has 2 nitrogen and oxygen atoms in total. The van der Waals surface area contributed by atoms with Gasteiger partial charge in [-0.25, -0.2) is 0 Å². The average Bonchev–Trinajstić information content (AvgIpc) is 2.53. The van der Waals surface area contributed by atoms with Gasteiger partial charge in [0.2, 0.25) is 0 Å². The zero-order valence-corrected chi connectivity index (χ0v) is 14.8. The Morgan fingerprint density at radius 1 is 1.10 bits per heavy atom. The molecule has 0 aliphatic carbocycles. The summed E-state index contributed by atoms with van der Waals surface area (Å²) in [6, 6.07) is 18.9. The summed E-state index contributed by atoms with van der Waals surface area (Å²) in [6.45, 7) is 3.19. The highest BCUT2D eigenvalue weighted by atomic mass is 127. The minimum absolute atomic E-state index is 0.0804. The van der Waals surface area contributed by atoms with Crippen LogP contribution in [0.4, 0.5) is 0 Å². The van der Waals surface area contributed by atoms with E-state index in [-0.39, 0.29) is 3.55 Å². The summed E-state index contributed by atoms with van der Waals surface area (Å²) < 4.78 is 5.22. The van der Waals surface area contributed by atoms with Crippen LogP contribution in [-0.4, -0.2) is 13.7 Å². The van der Waals surface area contributed by atoms with Gasteiger partial charge >= 0.3 is 0 Å². The third-order valence-corrected chi connectivity index (χ3v) is 4.56. The van der Waals surface area contributed by atoms with Crippen molar-refractivity contribution in [1.29, 1.82) is 0 Å². The van der Waals surface area contributed by atoms with Crippen LogP contribution in [0.1, 0.15) is 24.5 Å². The lowest BCUT2D eigenvalue weighted by Crippen LogP contribution is -2.34. The Hall–Kier alpha value is -1.07. The minimum atomic E-state index is -0.0804. The molecule has 0 radical (unpaired) electrons. The molecule has 1 unspecified atom stereocenters. The fourth-order valence-electron chi connectivity index (χ4n) is 2.28. The van der Waals surface area contributed by atoms with Crippen molar-refractivity contribution in [3.8, 4) is 5.75 Å². The lowest BCUT2D eigenvalue weighted by molar-refractivity contribution is 0.413. The van der Waals surface area contributed by atoms with E-state index < -0.39 is 0 Å². The van der Waals surface area contributed by atoms with E-state index in [1.165, 1.54) is 11.1 Å². The van der Waals surface area contributed by atoms with Gasteiger partial charge in [0.25, 0.3) is 0 Å². The number of alkyl halides is 1. The van der Waals surface area contributed by atoms with E-state index in [0.29, 0.717) is 0 Å². The summed E-state index contributed by atoms with van der Waals surface area (Å²) in [7, 11) is 1.71. The molecule has 1 atom stereocenters. The molecule has 2 aromatic carbocycles. The van der Waals surface area contributed by atoms with Gasteiger partial charge in [-0.2, -0.15) is 0 Å². The maximum atomic E-state index is 5.30. The Kier molecular flexibility index (Phi) is 6.06. The molecule has 0 aliphatic rings. The molecule has 3 heteroatoms. The van der Waals surface area contributed by atoms with E-state index in [1.54, 1.807) is 7.11 Å². The molecule has 0 aromatic heterocycles. The standard InChI is InChI=1S/C18H22INO/c1-18(19,16-11-6-12-17(14-16)21-2)20-13-7-10-15-8-4-3-5-9-15/h3-6,8-9,11-12,14,20H,7,10,13H2,1-2H3. The van der Waals surface area contributed by atoms with E-state index in [2.05, 4.69) is 77.3 Å². The molecule has 0 aliphatic heterocycles. The molecule has 0 fully saturated rings. The normalized spacial score (nSPS) is 13.7. The van der Waals surface area contributed by atoms with Crippen LogP contribution in [0.3, 0.4) is 0 Å². The van der Waals surface area contributed by atoms with E-state index in [0.717, 1.165) is 25.1 Å². The molecule has 0 spiro atoms. The fourth-order valence-corrected chi connectivity index (χ4v) is 2.88. The molecule has 0 bridgehead atoms. The number of methoxy groups -OCH3 is 1. The van der Waals surface area contributed by atoms with Gasteiger partial charge in [-0.15, -0.1) is 0 Å². The van der Waals surface area contributed by atoms with Crippen molar-refractivity contribution >= 4 is 22.6 Å². The Bertz CT molecular complexity index is 554. The number of benzene rings is 2. The maximum absolute atomic E-state index is 5.30. The van der Waals surface area contributed by atoms with Gasteiger partial charge in [-0.1, -0.05) is 65.1 Å². The van der Waals surface area contributed by atoms with Gasteiger partial charge in [-0.3, -0.25) is 5.32 Å². The highest BCUT2D eigenvalue weighted by molar-refractivity contribution is 14.1. The van der Waals surface area contributed by atoms with Crippen molar-refractivity contribution in [2.24, 2.45) is 0 Å². The molecule has 0 heterocycles. The highest BCUT2D eigenvalue weighted by Crippen LogP contribution is 2.30. The van der Waals surface area contributed by atoms with E-state index >= 15 is 0 Å². The highest BCUT2D eigenvalue weighted by Gasteiger charge is 2.21. The second kappa shape index (κ2) is 7.80. The maximum Gasteiger partial charge on any atom is 0.119 e. The number of nitrogens with one attached hydrogen (secondary N) is 1. The largest absolute Gasteiger partial charge is 0.497 e. The van der Waals surface area contributed by atoms with Crippen LogP contribution in [-0.2, 0) is 9.97 Å². The second-order valence-corrected chi connectivity index (χ2v) is 7.41. The monoisotopic (exact) mass is 395 g/mol. The first kappa shape index (κ1) is 16.3. The van der Waals surface area contributed by atoms with Gasteiger partial charge in [0.05, 0.1) is 10.7 Å². The predicted molar refractivity (Wildman–Crippen MR) is 97.1 cm³/mol. The Morgan fingerprint density at radius 2 is 1.86 bits per heavy atom. The van der Waals surface area contributed by atoms with Gasteiger partial charge < -0.3 is 4.74 Å². The van der Waals surface area contributed by atoms with Crippen LogP contribution in [0.2, 0.25) is 0 Å². The Morgan fingerprint density at radius 3 is 2.57 bits per heavy atom. The van der Waals surface area contributed by atoms with Crippen LogP contribution in [0.15, 0.2) is 54.6 Å². The first-order valence-electron chi connectivity index (χ1n) is 7.24. The van der Waals surface area contributed by atoms with E-state index in [1.807, 2.05) is 12.1 Å². The molecule has 21 heavy (non-hydrogen) atoms. The number of rotatable bonds is 7. The van der Waals surface area contributed by atoms with Gasteiger partial charge in [-0.05, 0) is 49.6 Å². The summed E-state index contributed by atoms with van der Waals surface area (Å²) in [4.78, 5) is 0. The van der Waals surface area contributed by atoms with Crippen LogP contribution >= 0.6 is 22.6 Å². The second-order valence-electron chi connectivity index (χ2n) is 5.25. The number of hydrogen-bond donors (Lipinski definition) is 1. The summed E-state index contributed by atoms with van der Waals surface area (Å²) >= 11 is 2.46. The Balaban J connectivity index is 1.86. The molecule has 112 valence electrons. The summed E-state index contributed by atoms with van der Waals surface area (Å²) in [5, 5.41) is 3.63. The lowest BCUT2D eigenvalue weighted by atomic mass is 10.1. The summed E-state index contributed by atoms with van der Waals surface area (Å²) in [6.07, 6.45) is 2.24. The van der Waals surface area contributed by atoms with Crippen molar-refractivity contribution in [2.75, 3.05) is 13.7 Å². The zero-order valence-electron chi connectivity index (χ0n) is 12.6. The van der Waals surface area contributed by atoms with Gasteiger partial charge in [0, 0.05) is 0 Å². The third-order valence-electron chi connectivity index (χ3n) is 3.55. The minimum Gasteiger partial charge on any atom is -0.497 e. The van der Waals surface area contributed by atoms with Crippen molar-refractivity contribution in [3.63, 3.8) is 0 Å². The van der Waals surface area contributed by atoms with Crippen molar-refractivity contribution < 1.29 is 4.74 Å². The quantitative estimate of drug-likeness (QED) is 0.322. The molecule has 0 saturated carbocycles. The summed E-state index contributed by atoms with van der Waals surface area (Å²) in [5.41, 5.74) is 2.64. The molecule has 2 rings (SSSR count). The van der Waals surface area contributed by atoms with Crippen LogP contribution in [0.25, 0.3) is 0 Å². The van der Waals surface area contributed by atoms with Crippen LogP contribution in [0.5, 0.6) is 5.75 Å². The topological polar surface area (TPSA) is 21.3 Å². The SMILES string of the molecule is COc1cccc(C(C)(I)NCCCc2ccccc2)c1. The van der Waals surface area contributed by atoms with Crippen LogP contribution < -0.4 is 10.1 Å². The molecule has 1 N–H and O–H groups in total. The number of aryl methyl sites for hydroxylation is 1. The first-order chi connectivity index (χ1) is 10.1. The predicted octanol–water partition coefficient (Wildman–Crippen LogP) is 4.53.